The van der Waals surface area contributed by atoms with Crippen LogP contribution in [0.4, 0.5) is 11.4 Å². The number of benzene rings is 2. The maximum atomic E-state index is 12.7. The van der Waals surface area contributed by atoms with Crippen LogP contribution in [0.2, 0.25) is 0 Å². The molecule has 0 unspecified atom stereocenters. The molecule has 38 heavy (non-hydrogen) atoms. The van der Waals surface area contributed by atoms with Gasteiger partial charge in [0.2, 0.25) is 0 Å². The van der Waals surface area contributed by atoms with Crippen molar-refractivity contribution in [3.63, 3.8) is 0 Å². The molecule has 1 aliphatic heterocycles. The number of amides is 1. The van der Waals surface area contributed by atoms with Crippen LogP contribution in [0.1, 0.15) is 50.4 Å². The Bertz CT molecular complexity index is 1060. The molecular weight excluding hydrogens is 486 g/mol. The number of anilines is 2. The molecule has 0 bridgehead atoms. The van der Waals surface area contributed by atoms with E-state index in [-0.39, 0.29) is 11.7 Å². The minimum atomic E-state index is -1.26. The van der Waals surface area contributed by atoms with E-state index >= 15 is 0 Å². The number of carbonyl (C=O) groups is 3. The molecule has 1 fully saturated rings. The maximum Gasteiger partial charge on any atom is 0.328 e. The molecule has 206 valence electrons. The first-order valence-electron chi connectivity index (χ1n) is 13.0. The average molecular weight is 526 g/mol. The van der Waals surface area contributed by atoms with E-state index in [4.69, 9.17) is 10.2 Å². The van der Waals surface area contributed by atoms with Crippen LogP contribution in [0.3, 0.4) is 0 Å². The lowest BCUT2D eigenvalue weighted by molar-refractivity contribution is -0.134. The zero-order valence-corrected chi connectivity index (χ0v) is 22.4. The fraction of sp³-hybridized carbons (Fsp3) is 0.414. The van der Waals surface area contributed by atoms with E-state index in [2.05, 4.69) is 16.7 Å². The summed E-state index contributed by atoms with van der Waals surface area (Å²) in [5.41, 5.74) is 2.77. The van der Waals surface area contributed by atoms with Crippen molar-refractivity contribution in [3.05, 3.63) is 66.2 Å². The zero-order chi connectivity index (χ0) is 28.1. The second-order valence-corrected chi connectivity index (χ2v) is 9.00. The number of carboxylic acids is 2. The van der Waals surface area contributed by atoms with Crippen molar-refractivity contribution >= 4 is 29.2 Å². The summed E-state index contributed by atoms with van der Waals surface area (Å²) in [6.07, 6.45) is 4.46. The molecule has 1 heterocycles. The number of piperidine rings is 1. The van der Waals surface area contributed by atoms with Gasteiger partial charge in [-0.25, -0.2) is 9.59 Å². The van der Waals surface area contributed by atoms with Gasteiger partial charge in [-0.05, 0) is 76.1 Å². The molecule has 1 aliphatic rings. The van der Waals surface area contributed by atoms with E-state index in [0.717, 1.165) is 49.4 Å². The fourth-order valence-corrected chi connectivity index (χ4v) is 4.53. The number of aromatic hydroxyl groups is 1. The quantitative estimate of drug-likeness (QED) is 0.385. The predicted octanol–water partition coefficient (Wildman–Crippen LogP) is 4.60. The first-order valence-corrected chi connectivity index (χ1v) is 13.0. The summed E-state index contributed by atoms with van der Waals surface area (Å²) in [6.45, 7) is 11.0. The van der Waals surface area contributed by atoms with Gasteiger partial charge in [0.25, 0.3) is 5.91 Å². The Morgan fingerprint density at radius 3 is 1.95 bits per heavy atom. The van der Waals surface area contributed by atoms with Crippen LogP contribution >= 0.6 is 0 Å². The summed E-state index contributed by atoms with van der Waals surface area (Å²) < 4.78 is 0. The van der Waals surface area contributed by atoms with Gasteiger partial charge in [0.05, 0.1) is 0 Å². The van der Waals surface area contributed by atoms with Gasteiger partial charge in [-0.3, -0.25) is 4.79 Å². The molecule has 3 rings (SSSR count). The summed E-state index contributed by atoms with van der Waals surface area (Å²) in [4.78, 5) is 38.5. The Kier molecular flexibility index (Phi) is 12.3. The van der Waals surface area contributed by atoms with Gasteiger partial charge in [-0.15, -0.1) is 0 Å². The van der Waals surface area contributed by atoms with Crippen molar-refractivity contribution in [1.29, 1.82) is 0 Å². The van der Waals surface area contributed by atoms with E-state index < -0.39 is 11.9 Å². The zero-order valence-electron chi connectivity index (χ0n) is 22.4. The molecule has 9 nitrogen and oxygen atoms in total. The van der Waals surface area contributed by atoms with Gasteiger partial charge in [0, 0.05) is 67.4 Å². The van der Waals surface area contributed by atoms with Gasteiger partial charge in [0.1, 0.15) is 5.75 Å². The van der Waals surface area contributed by atoms with Crippen LogP contribution in [-0.4, -0.2) is 81.7 Å². The number of carbonyl (C=O) groups excluding carboxylic acids is 1. The second-order valence-electron chi connectivity index (χ2n) is 9.00. The molecule has 2 aromatic carbocycles. The number of hydrogen-bond acceptors (Lipinski definition) is 6. The highest BCUT2D eigenvalue weighted by Gasteiger charge is 2.26. The van der Waals surface area contributed by atoms with E-state index in [9.17, 15) is 19.5 Å². The number of rotatable bonds is 10. The molecule has 0 spiro atoms. The molecule has 9 heteroatoms. The summed E-state index contributed by atoms with van der Waals surface area (Å²) in [6, 6.07) is 15.8. The number of aliphatic carboxylic acids is 2. The molecule has 3 N–H and O–H groups in total. The minimum Gasteiger partial charge on any atom is -0.508 e. The van der Waals surface area contributed by atoms with Gasteiger partial charge in [0.15, 0.2) is 0 Å². The number of hydrogen-bond donors (Lipinski definition) is 3. The van der Waals surface area contributed by atoms with Crippen LogP contribution in [0.15, 0.2) is 60.7 Å². The topological polar surface area (TPSA) is 122 Å². The lowest BCUT2D eigenvalue weighted by atomic mass is 10.0. The minimum absolute atomic E-state index is 0.0725. The van der Waals surface area contributed by atoms with Crippen LogP contribution in [-0.2, 0) is 9.59 Å². The van der Waals surface area contributed by atoms with E-state index in [1.165, 1.54) is 6.42 Å². The molecule has 0 radical (unpaired) electrons. The number of likely N-dealkylation sites (tertiary alicyclic amines) is 1. The van der Waals surface area contributed by atoms with E-state index in [1.54, 1.807) is 6.07 Å². The molecule has 0 atom stereocenters. The SMILES string of the molecule is CCCN1CCC(N(c2ccc(C(=O)N(CC)CC)cc2)c2cccc(O)c2)CC1.O=C(O)/C=C/C(=O)O. The predicted molar refractivity (Wildman–Crippen MR) is 148 cm³/mol. The lowest BCUT2D eigenvalue weighted by Gasteiger charge is -2.40. The highest BCUT2D eigenvalue weighted by molar-refractivity contribution is 5.94. The van der Waals surface area contributed by atoms with Gasteiger partial charge >= 0.3 is 11.9 Å². The van der Waals surface area contributed by atoms with Crippen molar-refractivity contribution < 1.29 is 29.7 Å². The Labute approximate surface area is 224 Å². The van der Waals surface area contributed by atoms with Gasteiger partial charge < -0.3 is 30.0 Å². The highest BCUT2D eigenvalue weighted by atomic mass is 16.4. The third kappa shape index (κ3) is 9.23. The highest BCUT2D eigenvalue weighted by Crippen LogP contribution is 2.34. The molecule has 0 aromatic heterocycles. The number of phenolic OH excluding ortho intramolecular Hbond substituents is 1. The van der Waals surface area contributed by atoms with Gasteiger partial charge in [-0.2, -0.15) is 0 Å². The van der Waals surface area contributed by atoms with E-state index in [0.29, 0.717) is 31.3 Å². The van der Waals surface area contributed by atoms with E-state index in [1.807, 2.05) is 61.2 Å². The first-order chi connectivity index (χ1) is 18.2. The molecule has 1 saturated heterocycles. The smallest absolute Gasteiger partial charge is 0.328 e. The van der Waals surface area contributed by atoms with Crippen LogP contribution < -0.4 is 4.90 Å². The summed E-state index contributed by atoms with van der Waals surface area (Å²) in [5, 5.41) is 25.7. The Morgan fingerprint density at radius 1 is 0.895 bits per heavy atom. The molecule has 1 amide bonds. The normalized spacial score (nSPS) is 14.0. The first kappa shape index (κ1) is 30.4. The van der Waals surface area contributed by atoms with Crippen molar-refractivity contribution in [2.75, 3.05) is 37.6 Å². The van der Waals surface area contributed by atoms with Crippen molar-refractivity contribution in [3.8, 4) is 5.75 Å². The monoisotopic (exact) mass is 525 g/mol. The van der Waals surface area contributed by atoms with Crippen LogP contribution in [0.25, 0.3) is 0 Å². The molecular formula is C29H39N3O6. The molecule has 0 aliphatic carbocycles. The van der Waals surface area contributed by atoms with Crippen molar-refractivity contribution in [2.45, 2.75) is 46.1 Å². The largest absolute Gasteiger partial charge is 0.508 e. The molecule has 2 aromatic rings. The standard InChI is InChI=1S/C25H35N3O2.C4H4O4/c1-4-16-26-17-14-22(15-18-26)28(23-8-7-9-24(29)19-23)21-12-10-20(11-13-21)25(30)27(5-2)6-3;5-3(6)1-2-4(7)8/h7-13,19,22,29H,4-6,14-18H2,1-3H3;1-2H,(H,5,6)(H,7,8)/b;2-1+. The number of nitrogens with zero attached hydrogens (tertiary/aromatic N) is 3. The number of phenols is 1. The third-order valence-electron chi connectivity index (χ3n) is 6.38. The Morgan fingerprint density at radius 2 is 1.47 bits per heavy atom. The lowest BCUT2D eigenvalue weighted by Crippen LogP contribution is -2.43. The van der Waals surface area contributed by atoms with Crippen molar-refractivity contribution in [2.24, 2.45) is 0 Å². The Balaban J connectivity index is 0.000000550. The summed E-state index contributed by atoms with van der Waals surface area (Å²) in [7, 11) is 0. The van der Waals surface area contributed by atoms with Crippen LogP contribution in [0, 0.1) is 0 Å². The molecule has 0 saturated carbocycles. The second kappa shape index (κ2) is 15.4. The third-order valence-corrected chi connectivity index (χ3v) is 6.38. The van der Waals surface area contributed by atoms with Crippen LogP contribution in [0.5, 0.6) is 5.75 Å². The fourth-order valence-electron chi connectivity index (χ4n) is 4.53. The summed E-state index contributed by atoms with van der Waals surface area (Å²) in [5.74, 6) is -2.17. The number of carboxylic acid groups (broad SMARTS) is 2. The van der Waals surface area contributed by atoms with Crippen molar-refractivity contribution in [1.82, 2.24) is 9.80 Å². The maximum absolute atomic E-state index is 12.7. The average Bonchev–Trinajstić information content (AvgIpc) is 2.90. The Hall–Kier alpha value is -3.85. The summed E-state index contributed by atoms with van der Waals surface area (Å²) >= 11 is 0. The van der Waals surface area contributed by atoms with Gasteiger partial charge in [-0.1, -0.05) is 13.0 Å².